The van der Waals surface area contributed by atoms with Gasteiger partial charge in [0.25, 0.3) is 0 Å². The van der Waals surface area contributed by atoms with Crippen LogP contribution in [-0.2, 0) is 9.59 Å². The molecule has 0 aromatic rings. The summed E-state index contributed by atoms with van der Waals surface area (Å²) in [7, 11) is 0. The van der Waals surface area contributed by atoms with Gasteiger partial charge in [-0.05, 0) is 25.5 Å². The van der Waals surface area contributed by atoms with Crippen LogP contribution in [0.25, 0.3) is 0 Å². The molecule has 0 saturated heterocycles. The number of hydrogen-bond donors (Lipinski definition) is 2. The standard InChI is InChI=1S/C11H19NO3S/c1-3-16-9-6-4-5-8(9)12-10(13)7(2)11(14)15/h7-9H,3-6H2,1-2H3,(H,12,13)(H,14,15). The zero-order valence-corrected chi connectivity index (χ0v) is 10.5. The lowest BCUT2D eigenvalue weighted by atomic mass is 10.1. The fourth-order valence-electron chi connectivity index (χ4n) is 1.92. The average Bonchev–Trinajstić information content (AvgIpc) is 2.65. The summed E-state index contributed by atoms with van der Waals surface area (Å²) in [6, 6.07) is 0.152. The van der Waals surface area contributed by atoms with Crippen LogP contribution in [0, 0.1) is 5.92 Å². The van der Waals surface area contributed by atoms with Crippen molar-refractivity contribution in [3.63, 3.8) is 0 Å². The van der Waals surface area contributed by atoms with E-state index in [2.05, 4.69) is 12.2 Å². The summed E-state index contributed by atoms with van der Waals surface area (Å²) in [4.78, 5) is 22.2. The minimum Gasteiger partial charge on any atom is -0.481 e. The second-order valence-corrected chi connectivity index (χ2v) is 5.62. The Morgan fingerprint density at radius 2 is 2.19 bits per heavy atom. The Balaban J connectivity index is 2.46. The van der Waals surface area contributed by atoms with E-state index in [1.54, 1.807) is 0 Å². The molecule has 0 aromatic heterocycles. The lowest BCUT2D eigenvalue weighted by molar-refractivity contribution is -0.146. The number of aliphatic carboxylic acids is 1. The van der Waals surface area contributed by atoms with Gasteiger partial charge in [0.05, 0.1) is 0 Å². The van der Waals surface area contributed by atoms with Gasteiger partial charge in [0.2, 0.25) is 5.91 Å². The summed E-state index contributed by atoms with van der Waals surface area (Å²) in [6.45, 7) is 3.52. The van der Waals surface area contributed by atoms with Crippen molar-refractivity contribution in [3.05, 3.63) is 0 Å². The minimum absolute atomic E-state index is 0.152. The highest BCUT2D eigenvalue weighted by Crippen LogP contribution is 2.29. The van der Waals surface area contributed by atoms with E-state index in [0.29, 0.717) is 5.25 Å². The Bertz CT molecular complexity index is 270. The van der Waals surface area contributed by atoms with Gasteiger partial charge in [-0.3, -0.25) is 9.59 Å². The molecule has 4 nitrogen and oxygen atoms in total. The summed E-state index contributed by atoms with van der Waals surface area (Å²) < 4.78 is 0. The van der Waals surface area contributed by atoms with Crippen LogP contribution in [-0.4, -0.2) is 34.0 Å². The Kier molecular flexibility index (Phi) is 5.12. The molecule has 1 amide bonds. The highest BCUT2D eigenvalue weighted by molar-refractivity contribution is 7.99. The van der Waals surface area contributed by atoms with Crippen molar-refractivity contribution in [1.29, 1.82) is 0 Å². The van der Waals surface area contributed by atoms with Gasteiger partial charge < -0.3 is 10.4 Å². The molecule has 0 aliphatic heterocycles. The average molecular weight is 245 g/mol. The topological polar surface area (TPSA) is 66.4 Å². The number of carboxylic acid groups (broad SMARTS) is 1. The van der Waals surface area contributed by atoms with Crippen LogP contribution in [0.5, 0.6) is 0 Å². The molecule has 1 saturated carbocycles. The Hall–Kier alpha value is -0.710. The number of rotatable bonds is 5. The first-order valence-electron chi connectivity index (χ1n) is 5.71. The first-order chi connectivity index (χ1) is 7.56. The van der Waals surface area contributed by atoms with Crippen LogP contribution in [0.3, 0.4) is 0 Å². The van der Waals surface area contributed by atoms with Crippen molar-refractivity contribution in [1.82, 2.24) is 5.32 Å². The summed E-state index contributed by atoms with van der Waals surface area (Å²) in [5, 5.41) is 12.0. The van der Waals surface area contributed by atoms with E-state index in [-0.39, 0.29) is 11.9 Å². The van der Waals surface area contributed by atoms with E-state index in [1.165, 1.54) is 6.92 Å². The molecule has 1 aliphatic rings. The van der Waals surface area contributed by atoms with Crippen molar-refractivity contribution < 1.29 is 14.7 Å². The highest BCUT2D eigenvalue weighted by atomic mass is 32.2. The van der Waals surface area contributed by atoms with Crippen molar-refractivity contribution in [2.24, 2.45) is 5.92 Å². The zero-order valence-electron chi connectivity index (χ0n) is 9.73. The molecular weight excluding hydrogens is 226 g/mol. The molecule has 0 heterocycles. The molecule has 16 heavy (non-hydrogen) atoms. The summed E-state index contributed by atoms with van der Waals surface area (Å²) in [6.07, 6.45) is 3.20. The van der Waals surface area contributed by atoms with Crippen molar-refractivity contribution >= 4 is 23.6 Å². The largest absolute Gasteiger partial charge is 0.481 e. The number of thioether (sulfide) groups is 1. The predicted molar refractivity (Wildman–Crippen MR) is 64.5 cm³/mol. The fourth-order valence-corrected chi connectivity index (χ4v) is 3.12. The SMILES string of the molecule is CCSC1CCCC1NC(=O)C(C)C(=O)O. The second kappa shape index (κ2) is 6.13. The maximum absolute atomic E-state index is 11.6. The van der Waals surface area contributed by atoms with Gasteiger partial charge in [-0.15, -0.1) is 0 Å². The lowest BCUT2D eigenvalue weighted by Gasteiger charge is -2.21. The van der Waals surface area contributed by atoms with E-state index >= 15 is 0 Å². The molecule has 0 bridgehead atoms. The smallest absolute Gasteiger partial charge is 0.315 e. The molecule has 0 spiro atoms. The third kappa shape index (κ3) is 3.40. The number of carbonyl (C=O) groups is 2. The van der Waals surface area contributed by atoms with Gasteiger partial charge in [0.15, 0.2) is 0 Å². The normalized spacial score (nSPS) is 26.4. The van der Waals surface area contributed by atoms with Crippen LogP contribution < -0.4 is 5.32 Å². The maximum atomic E-state index is 11.6. The number of carbonyl (C=O) groups excluding carboxylic acids is 1. The Morgan fingerprint density at radius 3 is 2.75 bits per heavy atom. The molecule has 92 valence electrons. The van der Waals surface area contributed by atoms with Crippen LogP contribution in [0.15, 0.2) is 0 Å². The van der Waals surface area contributed by atoms with Gasteiger partial charge in [-0.1, -0.05) is 13.3 Å². The van der Waals surface area contributed by atoms with Gasteiger partial charge in [0, 0.05) is 11.3 Å². The number of hydrogen-bond acceptors (Lipinski definition) is 3. The van der Waals surface area contributed by atoms with Crippen LogP contribution in [0.2, 0.25) is 0 Å². The second-order valence-electron chi connectivity index (χ2n) is 4.10. The quantitative estimate of drug-likeness (QED) is 0.720. The van der Waals surface area contributed by atoms with E-state index in [4.69, 9.17) is 5.11 Å². The Morgan fingerprint density at radius 1 is 1.50 bits per heavy atom. The van der Waals surface area contributed by atoms with Gasteiger partial charge >= 0.3 is 5.97 Å². The molecule has 3 atom stereocenters. The van der Waals surface area contributed by atoms with E-state index in [1.807, 2.05) is 11.8 Å². The van der Waals surface area contributed by atoms with Gasteiger partial charge in [-0.2, -0.15) is 11.8 Å². The van der Waals surface area contributed by atoms with E-state index in [0.717, 1.165) is 25.0 Å². The summed E-state index contributed by atoms with van der Waals surface area (Å²) in [5.74, 6) is -1.34. The summed E-state index contributed by atoms with van der Waals surface area (Å²) >= 11 is 1.85. The lowest BCUT2D eigenvalue weighted by Crippen LogP contribution is -2.43. The third-order valence-electron chi connectivity index (χ3n) is 2.92. The molecule has 0 radical (unpaired) electrons. The van der Waals surface area contributed by atoms with Gasteiger partial charge in [-0.25, -0.2) is 0 Å². The highest BCUT2D eigenvalue weighted by Gasteiger charge is 2.31. The van der Waals surface area contributed by atoms with Crippen molar-refractivity contribution in [2.75, 3.05) is 5.75 Å². The molecule has 2 N–H and O–H groups in total. The number of amides is 1. The van der Waals surface area contributed by atoms with Crippen molar-refractivity contribution in [2.45, 2.75) is 44.4 Å². The molecular formula is C11H19NO3S. The fraction of sp³-hybridized carbons (Fsp3) is 0.818. The van der Waals surface area contributed by atoms with Crippen LogP contribution in [0.4, 0.5) is 0 Å². The maximum Gasteiger partial charge on any atom is 0.315 e. The number of carboxylic acids is 1. The molecule has 3 unspecified atom stereocenters. The molecule has 1 aliphatic carbocycles. The van der Waals surface area contributed by atoms with Crippen LogP contribution >= 0.6 is 11.8 Å². The van der Waals surface area contributed by atoms with E-state index < -0.39 is 11.9 Å². The summed E-state index contributed by atoms with van der Waals surface area (Å²) in [5.41, 5.74) is 0. The predicted octanol–water partition coefficient (Wildman–Crippen LogP) is 1.50. The first kappa shape index (κ1) is 13.4. The van der Waals surface area contributed by atoms with Crippen molar-refractivity contribution in [3.8, 4) is 0 Å². The zero-order chi connectivity index (χ0) is 12.1. The molecule has 5 heteroatoms. The third-order valence-corrected chi connectivity index (χ3v) is 4.25. The van der Waals surface area contributed by atoms with Gasteiger partial charge in [0.1, 0.15) is 5.92 Å². The first-order valence-corrected chi connectivity index (χ1v) is 6.76. The molecule has 1 rings (SSSR count). The number of nitrogens with one attached hydrogen (secondary N) is 1. The minimum atomic E-state index is -1.06. The molecule has 1 fully saturated rings. The monoisotopic (exact) mass is 245 g/mol. The Labute approximate surface area is 100 Å². The van der Waals surface area contributed by atoms with Crippen LogP contribution in [0.1, 0.15) is 33.1 Å². The molecule has 0 aromatic carbocycles. The van der Waals surface area contributed by atoms with E-state index in [9.17, 15) is 9.59 Å².